The third-order valence-corrected chi connectivity index (χ3v) is 2.00. The van der Waals surface area contributed by atoms with E-state index in [1.54, 1.807) is 0 Å². The van der Waals surface area contributed by atoms with Crippen molar-refractivity contribution in [3.8, 4) is 5.75 Å². The molecule has 0 spiro atoms. The number of nitrogen functional groups attached to an aromatic ring is 1. The van der Waals surface area contributed by atoms with E-state index in [2.05, 4.69) is 0 Å². The number of carbonyl (C=O) groups is 1. The zero-order chi connectivity index (χ0) is 12.1. The van der Waals surface area contributed by atoms with Gasteiger partial charge in [-0.25, -0.2) is 4.39 Å². The lowest BCUT2D eigenvalue weighted by atomic mass is 10.1. The molecule has 0 aliphatic carbocycles. The van der Waals surface area contributed by atoms with Crippen molar-refractivity contribution in [3.05, 3.63) is 23.5 Å². The Labute approximate surface area is 93.2 Å². The molecule has 16 heavy (non-hydrogen) atoms. The van der Waals surface area contributed by atoms with Crippen LogP contribution in [0.5, 0.6) is 5.75 Å². The van der Waals surface area contributed by atoms with Gasteiger partial charge in [-0.05, 0) is 6.92 Å². The van der Waals surface area contributed by atoms with Gasteiger partial charge in [0.1, 0.15) is 18.2 Å². The van der Waals surface area contributed by atoms with Gasteiger partial charge >= 0.3 is 0 Å². The standard InChI is InChI=1S/C11H14FNO3/c1-7(14)11-9(12)5-8(6-10(11)13)16-4-3-15-2/h5-6H,3-4,13H2,1-2H3. The molecule has 1 aromatic carbocycles. The predicted molar refractivity (Wildman–Crippen MR) is 58.2 cm³/mol. The van der Waals surface area contributed by atoms with Crippen LogP contribution in [0.4, 0.5) is 10.1 Å². The molecule has 1 rings (SSSR count). The summed E-state index contributed by atoms with van der Waals surface area (Å²) < 4.78 is 23.4. The summed E-state index contributed by atoms with van der Waals surface area (Å²) in [5.74, 6) is -0.782. The first-order valence-electron chi connectivity index (χ1n) is 4.78. The highest BCUT2D eigenvalue weighted by atomic mass is 19.1. The van der Waals surface area contributed by atoms with Gasteiger partial charge in [-0.2, -0.15) is 0 Å². The number of methoxy groups -OCH3 is 1. The SMILES string of the molecule is COCCOc1cc(N)c(C(C)=O)c(F)c1. The number of anilines is 1. The second-order valence-electron chi connectivity index (χ2n) is 3.27. The summed E-state index contributed by atoms with van der Waals surface area (Å²) in [5, 5.41) is 0. The van der Waals surface area contributed by atoms with E-state index in [1.165, 1.54) is 20.1 Å². The topological polar surface area (TPSA) is 61.6 Å². The van der Waals surface area contributed by atoms with Crippen LogP contribution in [0.1, 0.15) is 17.3 Å². The van der Waals surface area contributed by atoms with E-state index in [1.807, 2.05) is 0 Å². The lowest BCUT2D eigenvalue weighted by Crippen LogP contribution is -2.07. The molecule has 0 atom stereocenters. The van der Waals surface area contributed by atoms with E-state index in [-0.39, 0.29) is 17.0 Å². The van der Waals surface area contributed by atoms with Crippen LogP contribution < -0.4 is 10.5 Å². The van der Waals surface area contributed by atoms with Crippen molar-refractivity contribution in [2.45, 2.75) is 6.92 Å². The first-order valence-corrected chi connectivity index (χ1v) is 4.78. The molecule has 1 aromatic rings. The quantitative estimate of drug-likeness (QED) is 0.472. The van der Waals surface area contributed by atoms with E-state index in [4.69, 9.17) is 15.2 Å². The minimum Gasteiger partial charge on any atom is -0.491 e. The molecule has 0 amide bonds. The van der Waals surface area contributed by atoms with Crippen LogP contribution in [0.2, 0.25) is 0 Å². The van der Waals surface area contributed by atoms with Gasteiger partial charge in [0.25, 0.3) is 0 Å². The molecule has 0 heterocycles. The number of carbonyl (C=O) groups excluding carboxylic acids is 1. The minimum absolute atomic E-state index is 0.0833. The van der Waals surface area contributed by atoms with Gasteiger partial charge in [-0.3, -0.25) is 4.79 Å². The summed E-state index contributed by atoms with van der Waals surface area (Å²) in [7, 11) is 1.54. The molecular weight excluding hydrogens is 213 g/mol. The number of hydrogen-bond acceptors (Lipinski definition) is 4. The summed E-state index contributed by atoms with van der Waals surface area (Å²) in [5.41, 5.74) is 5.54. The Morgan fingerprint density at radius 1 is 1.44 bits per heavy atom. The van der Waals surface area contributed by atoms with E-state index >= 15 is 0 Å². The van der Waals surface area contributed by atoms with Gasteiger partial charge in [0.05, 0.1) is 12.2 Å². The molecule has 0 unspecified atom stereocenters. The summed E-state index contributed by atoms with van der Waals surface area (Å²) in [6.45, 7) is 1.96. The largest absolute Gasteiger partial charge is 0.491 e. The van der Waals surface area contributed by atoms with E-state index in [0.29, 0.717) is 13.2 Å². The number of ketones is 1. The van der Waals surface area contributed by atoms with Crippen molar-refractivity contribution in [1.29, 1.82) is 0 Å². The Morgan fingerprint density at radius 3 is 2.62 bits per heavy atom. The van der Waals surface area contributed by atoms with Crippen molar-refractivity contribution in [2.75, 3.05) is 26.1 Å². The maximum absolute atomic E-state index is 13.5. The molecule has 0 saturated carbocycles. The number of hydrogen-bond donors (Lipinski definition) is 1. The van der Waals surface area contributed by atoms with Crippen LogP contribution >= 0.6 is 0 Å². The first kappa shape index (κ1) is 12.4. The molecule has 2 N–H and O–H groups in total. The molecule has 0 aliphatic heterocycles. The minimum atomic E-state index is -0.667. The first-order chi connectivity index (χ1) is 7.56. The Bertz CT molecular complexity index is 370. The Balaban J connectivity index is 2.87. The Kier molecular flexibility index (Phi) is 4.25. The van der Waals surface area contributed by atoms with Gasteiger partial charge < -0.3 is 15.2 Å². The van der Waals surface area contributed by atoms with Crippen LogP contribution in [0, 0.1) is 5.82 Å². The average molecular weight is 227 g/mol. The molecule has 88 valence electrons. The van der Waals surface area contributed by atoms with Crippen LogP contribution in [-0.4, -0.2) is 26.1 Å². The van der Waals surface area contributed by atoms with Gasteiger partial charge in [-0.1, -0.05) is 0 Å². The molecule has 0 bridgehead atoms. The van der Waals surface area contributed by atoms with E-state index < -0.39 is 11.6 Å². The molecular formula is C11H14FNO3. The number of benzene rings is 1. The zero-order valence-electron chi connectivity index (χ0n) is 9.25. The van der Waals surface area contributed by atoms with Crippen molar-refractivity contribution in [2.24, 2.45) is 0 Å². The fourth-order valence-electron chi connectivity index (χ4n) is 1.30. The highest BCUT2D eigenvalue weighted by Crippen LogP contribution is 2.24. The predicted octanol–water partition coefficient (Wildman–Crippen LogP) is 1.64. The molecule has 0 aliphatic rings. The summed E-state index contributed by atoms with van der Waals surface area (Å²) in [6.07, 6.45) is 0. The molecule has 5 heteroatoms. The number of rotatable bonds is 5. The molecule has 0 saturated heterocycles. The Hall–Kier alpha value is -1.62. The number of halogens is 1. The lowest BCUT2D eigenvalue weighted by Gasteiger charge is -2.09. The van der Waals surface area contributed by atoms with E-state index in [9.17, 15) is 9.18 Å². The maximum Gasteiger partial charge on any atom is 0.164 e. The summed E-state index contributed by atoms with van der Waals surface area (Å²) in [6, 6.07) is 2.57. The summed E-state index contributed by atoms with van der Waals surface area (Å²) in [4.78, 5) is 11.1. The molecule has 0 aromatic heterocycles. The van der Waals surface area contributed by atoms with Gasteiger partial charge in [-0.15, -0.1) is 0 Å². The van der Waals surface area contributed by atoms with Crippen molar-refractivity contribution in [3.63, 3.8) is 0 Å². The Morgan fingerprint density at radius 2 is 2.12 bits per heavy atom. The van der Waals surface area contributed by atoms with Crippen LogP contribution in [0.25, 0.3) is 0 Å². The van der Waals surface area contributed by atoms with Crippen LogP contribution in [0.15, 0.2) is 12.1 Å². The van der Waals surface area contributed by atoms with Crippen molar-refractivity contribution < 1.29 is 18.7 Å². The van der Waals surface area contributed by atoms with Crippen molar-refractivity contribution in [1.82, 2.24) is 0 Å². The van der Waals surface area contributed by atoms with Gasteiger partial charge in [0.15, 0.2) is 5.78 Å². The molecule has 4 nitrogen and oxygen atoms in total. The fourth-order valence-corrected chi connectivity index (χ4v) is 1.30. The molecule has 0 radical (unpaired) electrons. The maximum atomic E-state index is 13.5. The third kappa shape index (κ3) is 2.93. The highest BCUT2D eigenvalue weighted by molar-refractivity contribution is 5.99. The second kappa shape index (κ2) is 5.46. The van der Waals surface area contributed by atoms with E-state index in [0.717, 1.165) is 6.07 Å². The second-order valence-corrected chi connectivity index (χ2v) is 3.27. The smallest absolute Gasteiger partial charge is 0.164 e. The van der Waals surface area contributed by atoms with Gasteiger partial charge in [0.2, 0.25) is 0 Å². The monoisotopic (exact) mass is 227 g/mol. The van der Waals surface area contributed by atoms with Crippen LogP contribution in [0.3, 0.4) is 0 Å². The normalized spacial score (nSPS) is 10.2. The van der Waals surface area contributed by atoms with Crippen LogP contribution in [-0.2, 0) is 4.74 Å². The number of nitrogens with two attached hydrogens (primary N) is 1. The third-order valence-electron chi connectivity index (χ3n) is 2.00. The molecule has 0 fully saturated rings. The zero-order valence-corrected chi connectivity index (χ0v) is 9.25. The number of ether oxygens (including phenoxy) is 2. The highest BCUT2D eigenvalue weighted by Gasteiger charge is 2.13. The fraction of sp³-hybridized carbons (Fsp3) is 0.364. The van der Waals surface area contributed by atoms with Gasteiger partial charge in [0, 0.05) is 24.9 Å². The summed E-state index contributed by atoms with van der Waals surface area (Å²) >= 11 is 0. The lowest BCUT2D eigenvalue weighted by molar-refractivity contribution is 0.101. The number of Topliss-reactive ketones (excluding diaryl/α,β-unsaturated/α-hetero) is 1. The van der Waals surface area contributed by atoms with Crippen molar-refractivity contribution >= 4 is 11.5 Å². The average Bonchev–Trinajstić information content (AvgIpc) is 2.16.